The van der Waals surface area contributed by atoms with Crippen LogP contribution in [0, 0.1) is 5.92 Å². The molecule has 0 heterocycles. The van der Waals surface area contributed by atoms with Crippen LogP contribution in [0.2, 0.25) is 0 Å². The van der Waals surface area contributed by atoms with E-state index in [2.05, 4.69) is 36.5 Å². The maximum Gasteiger partial charge on any atom is 0.237 e. The molecule has 3 nitrogen and oxygen atoms in total. The number of amides is 1. The van der Waals surface area contributed by atoms with Crippen LogP contribution >= 0.6 is 12.4 Å². The zero-order valence-electron chi connectivity index (χ0n) is 13.0. The van der Waals surface area contributed by atoms with Gasteiger partial charge in [0.15, 0.2) is 0 Å². The summed E-state index contributed by atoms with van der Waals surface area (Å²) in [4.78, 5) is 12.1. The second-order valence-electron chi connectivity index (χ2n) is 5.94. The maximum atomic E-state index is 12.1. The molecule has 1 aliphatic carbocycles. The Morgan fingerprint density at radius 1 is 1.43 bits per heavy atom. The fourth-order valence-electron chi connectivity index (χ4n) is 2.92. The van der Waals surface area contributed by atoms with E-state index in [-0.39, 0.29) is 30.3 Å². The smallest absolute Gasteiger partial charge is 0.237 e. The Labute approximate surface area is 134 Å². The number of benzene rings is 1. The van der Waals surface area contributed by atoms with Crippen LogP contribution in [0.25, 0.3) is 0 Å². The predicted molar refractivity (Wildman–Crippen MR) is 89.8 cm³/mol. The van der Waals surface area contributed by atoms with Crippen molar-refractivity contribution in [2.45, 2.75) is 51.5 Å². The molecule has 2 rings (SSSR count). The molecule has 3 unspecified atom stereocenters. The Morgan fingerprint density at radius 3 is 2.86 bits per heavy atom. The zero-order chi connectivity index (χ0) is 14.5. The summed E-state index contributed by atoms with van der Waals surface area (Å²) in [7, 11) is 0. The van der Waals surface area contributed by atoms with Gasteiger partial charge in [0, 0.05) is 12.5 Å². The molecule has 0 saturated carbocycles. The van der Waals surface area contributed by atoms with Crippen LogP contribution in [-0.2, 0) is 11.2 Å². The molecule has 0 aromatic heterocycles. The Morgan fingerprint density at radius 2 is 2.14 bits per heavy atom. The lowest BCUT2D eigenvalue weighted by atomic mass is 9.83. The van der Waals surface area contributed by atoms with Crippen LogP contribution in [-0.4, -0.2) is 18.5 Å². The van der Waals surface area contributed by atoms with Crippen LogP contribution in [0.4, 0.5) is 0 Å². The highest BCUT2D eigenvalue weighted by Crippen LogP contribution is 2.30. The molecular weight excluding hydrogens is 284 g/mol. The quantitative estimate of drug-likeness (QED) is 0.878. The Bertz CT molecular complexity index is 464. The molecule has 1 amide bonds. The first-order valence-electron chi connectivity index (χ1n) is 7.74. The molecule has 1 aromatic rings. The molecule has 0 spiro atoms. The number of rotatable bonds is 5. The number of nitrogens with one attached hydrogen (secondary N) is 1. The first kappa shape index (κ1) is 18.0. The number of hydrogen-bond acceptors (Lipinski definition) is 2. The molecule has 0 radical (unpaired) electrons. The normalized spacial score (nSPS) is 19.9. The lowest BCUT2D eigenvalue weighted by Gasteiger charge is -2.26. The highest BCUT2D eigenvalue weighted by molar-refractivity contribution is 5.85. The maximum absolute atomic E-state index is 12.1. The minimum atomic E-state index is -0.390. The van der Waals surface area contributed by atoms with E-state index in [9.17, 15) is 4.79 Å². The van der Waals surface area contributed by atoms with Crippen molar-refractivity contribution in [1.82, 2.24) is 5.32 Å². The average Bonchev–Trinajstić information content (AvgIpc) is 2.50. The third-order valence-corrected chi connectivity index (χ3v) is 4.58. The number of carbonyl (C=O) groups excluding carboxylic acids is 1. The fraction of sp³-hybridized carbons (Fsp3) is 0.588. The van der Waals surface area contributed by atoms with Crippen molar-refractivity contribution in [2.75, 3.05) is 6.54 Å². The lowest BCUT2D eigenvalue weighted by Crippen LogP contribution is -2.45. The summed E-state index contributed by atoms with van der Waals surface area (Å²) in [6.45, 7) is 4.80. The average molecular weight is 311 g/mol. The first-order chi connectivity index (χ1) is 9.63. The van der Waals surface area contributed by atoms with Crippen LogP contribution in [0.5, 0.6) is 0 Å². The minimum absolute atomic E-state index is 0. The number of hydrogen-bond donors (Lipinski definition) is 2. The largest absolute Gasteiger partial charge is 0.354 e. The summed E-state index contributed by atoms with van der Waals surface area (Å²) in [5, 5.41) is 3.04. The Hall–Kier alpha value is -1.06. The SMILES string of the molecule is CCC(C)C(N)C(=O)NCC1CCCc2ccccc21.Cl. The van der Waals surface area contributed by atoms with Crippen LogP contribution in [0.3, 0.4) is 0 Å². The summed E-state index contributed by atoms with van der Waals surface area (Å²) in [5.74, 6) is 0.657. The molecule has 0 bridgehead atoms. The molecular formula is C17H27ClN2O. The standard InChI is InChI=1S/C17H26N2O.ClH/c1-3-12(2)16(18)17(20)19-11-14-9-6-8-13-7-4-5-10-15(13)14;/h4-5,7,10,12,14,16H,3,6,8-9,11,18H2,1-2H3,(H,19,20);1H. The summed E-state index contributed by atoms with van der Waals surface area (Å²) >= 11 is 0. The minimum Gasteiger partial charge on any atom is -0.354 e. The summed E-state index contributed by atoms with van der Waals surface area (Å²) < 4.78 is 0. The van der Waals surface area contributed by atoms with Gasteiger partial charge >= 0.3 is 0 Å². The Kier molecular flexibility index (Phi) is 7.20. The second kappa shape index (κ2) is 8.40. The van der Waals surface area contributed by atoms with Gasteiger partial charge in [-0.25, -0.2) is 0 Å². The van der Waals surface area contributed by atoms with E-state index < -0.39 is 0 Å². The first-order valence-corrected chi connectivity index (χ1v) is 7.74. The highest BCUT2D eigenvalue weighted by atomic mass is 35.5. The number of nitrogens with two attached hydrogens (primary N) is 1. The third kappa shape index (κ3) is 4.45. The van der Waals surface area contributed by atoms with E-state index in [1.54, 1.807) is 0 Å². The van der Waals surface area contributed by atoms with Gasteiger partial charge in [0.2, 0.25) is 5.91 Å². The molecule has 0 fully saturated rings. The van der Waals surface area contributed by atoms with E-state index in [1.807, 2.05) is 6.92 Å². The second-order valence-corrected chi connectivity index (χ2v) is 5.94. The topological polar surface area (TPSA) is 55.1 Å². The zero-order valence-corrected chi connectivity index (χ0v) is 13.8. The molecule has 1 aliphatic rings. The number of fused-ring (bicyclic) bond motifs is 1. The van der Waals surface area contributed by atoms with Gasteiger partial charge in [-0.2, -0.15) is 0 Å². The van der Waals surface area contributed by atoms with Crippen LogP contribution < -0.4 is 11.1 Å². The molecule has 3 N–H and O–H groups in total. The van der Waals surface area contributed by atoms with Gasteiger partial charge in [0.25, 0.3) is 0 Å². The van der Waals surface area contributed by atoms with Gasteiger partial charge in [0.1, 0.15) is 0 Å². The van der Waals surface area contributed by atoms with E-state index in [1.165, 1.54) is 17.5 Å². The van der Waals surface area contributed by atoms with E-state index in [0.717, 1.165) is 19.3 Å². The van der Waals surface area contributed by atoms with Gasteiger partial charge < -0.3 is 11.1 Å². The highest BCUT2D eigenvalue weighted by Gasteiger charge is 2.23. The summed E-state index contributed by atoms with van der Waals surface area (Å²) in [6, 6.07) is 8.19. The monoisotopic (exact) mass is 310 g/mol. The summed E-state index contributed by atoms with van der Waals surface area (Å²) in [6.07, 6.45) is 4.44. The van der Waals surface area contributed by atoms with E-state index in [0.29, 0.717) is 12.5 Å². The van der Waals surface area contributed by atoms with E-state index >= 15 is 0 Å². The number of carbonyl (C=O) groups is 1. The van der Waals surface area contributed by atoms with Crippen molar-refractivity contribution >= 4 is 18.3 Å². The van der Waals surface area contributed by atoms with Gasteiger partial charge in [-0.3, -0.25) is 4.79 Å². The van der Waals surface area contributed by atoms with Crippen molar-refractivity contribution in [3.63, 3.8) is 0 Å². The molecule has 3 atom stereocenters. The molecule has 21 heavy (non-hydrogen) atoms. The van der Waals surface area contributed by atoms with Gasteiger partial charge in [-0.15, -0.1) is 12.4 Å². The van der Waals surface area contributed by atoms with Crippen molar-refractivity contribution in [3.05, 3.63) is 35.4 Å². The van der Waals surface area contributed by atoms with Gasteiger partial charge in [-0.05, 0) is 36.3 Å². The van der Waals surface area contributed by atoms with Crippen molar-refractivity contribution in [1.29, 1.82) is 0 Å². The molecule has 0 saturated heterocycles. The number of aryl methyl sites for hydroxylation is 1. The summed E-state index contributed by atoms with van der Waals surface area (Å²) in [5.41, 5.74) is 8.80. The van der Waals surface area contributed by atoms with Crippen molar-refractivity contribution < 1.29 is 4.79 Å². The van der Waals surface area contributed by atoms with Crippen LogP contribution in [0.1, 0.15) is 50.2 Å². The third-order valence-electron chi connectivity index (χ3n) is 4.58. The van der Waals surface area contributed by atoms with Crippen molar-refractivity contribution in [2.24, 2.45) is 11.7 Å². The molecule has 4 heteroatoms. The molecule has 1 aromatic carbocycles. The van der Waals surface area contributed by atoms with Crippen molar-refractivity contribution in [3.8, 4) is 0 Å². The van der Waals surface area contributed by atoms with Gasteiger partial charge in [-0.1, -0.05) is 44.5 Å². The van der Waals surface area contributed by atoms with E-state index in [4.69, 9.17) is 5.73 Å². The molecule has 0 aliphatic heterocycles. The van der Waals surface area contributed by atoms with Gasteiger partial charge in [0.05, 0.1) is 6.04 Å². The Balaban J connectivity index is 0.00000220. The number of halogens is 1. The predicted octanol–water partition coefficient (Wildman–Crippen LogP) is 3.02. The lowest BCUT2D eigenvalue weighted by molar-refractivity contribution is -0.123. The van der Waals surface area contributed by atoms with Crippen LogP contribution in [0.15, 0.2) is 24.3 Å². The molecule has 118 valence electrons. The fourth-order valence-corrected chi connectivity index (χ4v) is 2.92.